The number of ether oxygens (including phenoxy) is 2. The van der Waals surface area contributed by atoms with E-state index in [1.165, 1.54) is 30.6 Å². The molecule has 3 rings (SSSR count). The van der Waals surface area contributed by atoms with Crippen LogP contribution in [-0.4, -0.2) is 39.3 Å². The number of nitrogens with one attached hydrogen (secondary N) is 1. The van der Waals surface area contributed by atoms with Gasteiger partial charge in [0.1, 0.15) is 11.5 Å². The summed E-state index contributed by atoms with van der Waals surface area (Å²) >= 11 is 1.30. The van der Waals surface area contributed by atoms with E-state index in [4.69, 9.17) is 9.47 Å². The molecular formula is C18H18N2O5S2. The summed E-state index contributed by atoms with van der Waals surface area (Å²) < 4.78 is 35.8. The highest BCUT2D eigenvalue weighted by Gasteiger charge is 2.17. The molecule has 27 heavy (non-hydrogen) atoms. The second kappa shape index (κ2) is 7.93. The zero-order valence-corrected chi connectivity index (χ0v) is 16.4. The molecule has 0 saturated heterocycles. The number of carbonyl (C=O) groups is 1. The van der Waals surface area contributed by atoms with Crippen LogP contribution >= 0.6 is 11.3 Å². The monoisotopic (exact) mass is 406 g/mol. The fraction of sp³-hybridized carbons (Fsp3) is 0.222. The van der Waals surface area contributed by atoms with Crippen LogP contribution in [-0.2, 0) is 14.6 Å². The SMILES string of the molecule is COc1ccc(S(=O)(=O)CCC(=O)Nc2nc3ccc(OC)cc3s2)cc1. The summed E-state index contributed by atoms with van der Waals surface area (Å²) in [7, 11) is -0.473. The van der Waals surface area contributed by atoms with E-state index in [1.807, 2.05) is 6.07 Å². The van der Waals surface area contributed by atoms with Gasteiger partial charge in [-0.1, -0.05) is 11.3 Å². The number of carbonyl (C=O) groups excluding carboxylic acids is 1. The van der Waals surface area contributed by atoms with Crippen molar-refractivity contribution in [1.82, 2.24) is 4.98 Å². The highest BCUT2D eigenvalue weighted by molar-refractivity contribution is 7.91. The molecule has 2 aromatic carbocycles. The average molecular weight is 406 g/mol. The van der Waals surface area contributed by atoms with Gasteiger partial charge in [-0.05, 0) is 42.5 Å². The number of sulfone groups is 1. The second-order valence-electron chi connectivity index (χ2n) is 5.65. The Labute approximate surface area is 160 Å². The first kappa shape index (κ1) is 19.1. The molecule has 0 saturated carbocycles. The topological polar surface area (TPSA) is 94.6 Å². The van der Waals surface area contributed by atoms with Gasteiger partial charge >= 0.3 is 0 Å². The fourth-order valence-electron chi connectivity index (χ4n) is 2.40. The fourth-order valence-corrected chi connectivity index (χ4v) is 4.55. The van der Waals surface area contributed by atoms with Gasteiger partial charge in [0, 0.05) is 6.42 Å². The van der Waals surface area contributed by atoms with E-state index >= 15 is 0 Å². The molecule has 7 nitrogen and oxygen atoms in total. The molecule has 1 amide bonds. The quantitative estimate of drug-likeness (QED) is 0.648. The highest BCUT2D eigenvalue weighted by atomic mass is 32.2. The predicted molar refractivity (Wildman–Crippen MR) is 104 cm³/mol. The van der Waals surface area contributed by atoms with Gasteiger partial charge in [-0.15, -0.1) is 0 Å². The van der Waals surface area contributed by atoms with Crippen LogP contribution in [0.25, 0.3) is 10.2 Å². The number of hydrogen-bond donors (Lipinski definition) is 1. The van der Waals surface area contributed by atoms with Crippen molar-refractivity contribution in [3.8, 4) is 11.5 Å². The highest BCUT2D eigenvalue weighted by Crippen LogP contribution is 2.29. The Kier molecular flexibility index (Phi) is 5.62. The molecule has 1 heterocycles. The summed E-state index contributed by atoms with van der Waals surface area (Å²) in [6.45, 7) is 0. The number of aromatic nitrogens is 1. The summed E-state index contributed by atoms with van der Waals surface area (Å²) in [6, 6.07) is 11.5. The molecule has 0 atom stereocenters. The molecule has 142 valence electrons. The predicted octanol–water partition coefficient (Wildman–Crippen LogP) is 3.12. The van der Waals surface area contributed by atoms with Gasteiger partial charge in [0.25, 0.3) is 0 Å². The molecular weight excluding hydrogens is 388 g/mol. The molecule has 0 fully saturated rings. The first-order valence-electron chi connectivity index (χ1n) is 8.02. The normalized spacial score (nSPS) is 11.3. The Morgan fingerprint density at radius 3 is 2.41 bits per heavy atom. The summed E-state index contributed by atoms with van der Waals surface area (Å²) in [6.07, 6.45) is -0.159. The lowest BCUT2D eigenvalue weighted by molar-refractivity contribution is -0.115. The molecule has 0 spiro atoms. The number of methoxy groups -OCH3 is 2. The van der Waals surface area contributed by atoms with Crippen molar-refractivity contribution in [3.63, 3.8) is 0 Å². The number of benzene rings is 2. The van der Waals surface area contributed by atoms with Crippen LogP contribution in [0.3, 0.4) is 0 Å². The maximum Gasteiger partial charge on any atom is 0.227 e. The minimum Gasteiger partial charge on any atom is -0.497 e. The van der Waals surface area contributed by atoms with E-state index in [9.17, 15) is 13.2 Å². The van der Waals surface area contributed by atoms with Crippen LogP contribution in [0.4, 0.5) is 5.13 Å². The van der Waals surface area contributed by atoms with Crippen molar-refractivity contribution in [2.75, 3.05) is 25.3 Å². The van der Waals surface area contributed by atoms with Crippen molar-refractivity contribution in [1.29, 1.82) is 0 Å². The van der Waals surface area contributed by atoms with Crippen molar-refractivity contribution in [2.24, 2.45) is 0 Å². The summed E-state index contributed by atoms with van der Waals surface area (Å²) in [5.41, 5.74) is 0.738. The van der Waals surface area contributed by atoms with Crippen molar-refractivity contribution in [3.05, 3.63) is 42.5 Å². The van der Waals surface area contributed by atoms with Crippen LogP contribution in [0.5, 0.6) is 11.5 Å². The van der Waals surface area contributed by atoms with Gasteiger partial charge < -0.3 is 14.8 Å². The van der Waals surface area contributed by atoms with E-state index in [-0.39, 0.29) is 17.1 Å². The Balaban J connectivity index is 1.63. The van der Waals surface area contributed by atoms with Gasteiger partial charge in [-0.25, -0.2) is 13.4 Å². The average Bonchev–Trinajstić information content (AvgIpc) is 3.07. The first-order valence-corrected chi connectivity index (χ1v) is 10.5. The van der Waals surface area contributed by atoms with Crippen LogP contribution in [0, 0.1) is 0 Å². The molecule has 0 radical (unpaired) electrons. The molecule has 9 heteroatoms. The van der Waals surface area contributed by atoms with Crippen LogP contribution in [0.2, 0.25) is 0 Å². The number of anilines is 1. The third kappa shape index (κ3) is 4.55. The van der Waals surface area contributed by atoms with Gasteiger partial charge in [-0.3, -0.25) is 4.79 Å². The Morgan fingerprint density at radius 1 is 1.07 bits per heavy atom. The number of thiazole rings is 1. The van der Waals surface area contributed by atoms with Crippen LogP contribution in [0.15, 0.2) is 47.4 Å². The minimum atomic E-state index is -3.56. The third-order valence-corrected chi connectivity index (χ3v) is 6.52. The number of fused-ring (bicyclic) bond motifs is 1. The minimum absolute atomic E-state index is 0.156. The molecule has 0 aliphatic rings. The van der Waals surface area contributed by atoms with Crippen molar-refractivity contribution >= 4 is 42.4 Å². The van der Waals surface area contributed by atoms with Gasteiger partial charge in [-0.2, -0.15) is 0 Å². The van der Waals surface area contributed by atoms with Gasteiger partial charge in [0.2, 0.25) is 5.91 Å². The lowest BCUT2D eigenvalue weighted by Gasteiger charge is -2.06. The molecule has 1 N–H and O–H groups in total. The summed E-state index contributed by atoms with van der Waals surface area (Å²) in [4.78, 5) is 16.6. The third-order valence-electron chi connectivity index (χ3n) is 3.86. The largest absolute Gasteiger partial charge is 0.497 e. The van der Waals surface area contributed by atoms with Gasteiger partial charge in [0.15, 0.2) is 15.0 Å². The van der Waals surface area contributed by atoms with Gasteiger partial charge in [0.05, 0.1) is 35.1 Å². The smallest absolute Gasteiger partial charge is 0.227 e. The van der Waals surface area contributed by atoms with E-state index in [0.29, 0.717) is 16.6 Å². The molecule has 0 unspecified atom stereocenters. The molecule has 3 aromatic rings. The number of hydrogen-bond acceptors (Lipinski definition) is 7. The van der Waals surface area contributed by atoms with E-state index < -0.39 is 15.7 Å². The standard InChI is InChI=1S/C18H18N2O5S2/c1-24-12-3-6-14(7-4-12)27(22,23)10-9-17(21)20-18-19-15-8-5-13(25-2)11-16(15)26-18/h3-8,11H,9-10H2,1-2H3,(H,19,20,21). The molecule has 1 aromatic heterocycles. The van der Waals surface area contributed by atoms with Crippen molar-refractivity contribution in [2.45, 2.75) is 11.3 Å². The van der Waals surface area contributed by atoms with E-state index in [0.717, 1.165) is 10.2 Å². The molecule has 0 aliphatic carbocycles. The van der Waals surface area contributed by atoms with Crippen molar-refractivity contribution < 1.29 is 22.7 Å². The Hall–Kier alpha value is -2.65. The number of nitrogens with zero attached hydrogens (tertiary/aromatic N) is 1. The van der Waals surface area contributed by atoms with E-state index in [1.54, 1.807) is 31.4 Å². The number of rotatable bonds is 7. The molecule has 0 bridgehead atoms. The molecule has 0 aliphatic heterocycles. The summed E-state index contributed by atoms with van der Waals surface area (Å²) in [5, 5.41) is 3.08. The summed E-state index contributed by atoms with van der Waals surface area (Å²) in [5.74, 6) is 0.580. The van der Waals surface area contributed by atoms with Crippen LogP contribution in [0.1, 0.15) is 6.42 Å². The second-order valence-corrected chi connectivity index (χ2v) is 8.79. The first-order chi connectivity index (χ1) is 12.9. The maximum atomic E-state index is 12.4. The number of amides is 1. The lowest BCUT2D eigenvalue weighted by atomic mass is 10.3. The Bertz CT molecular complexity index is 1060. The lowest BCUT2D eigenvalue weighted by Crippen LogP contribution is -2.17. The maximum absolute atomic E-state index is 12.4. The zero-order chi connectivity index (χ0) is 19.4. The zero-order valence-electron chi connectivity index (χ0n) is 14.8. The van der Waals surface area contributed by atoms with Crippen LogP contribution < -0.4 is 14.8 Å². The van der Waals surface area contributed by atoms with E-state index in [2.05, 4.69) is 10.3 Å². The Morgan fingerprint density at radius 2 is 1.74 bits per heavy atom.